The summed E-state index contributed by atoms with van der Waals surface area (Å²) in [4.78, 5) is 11.9. The van der Waals surface area contributed by atoms with Gasteiger partial charge in [0, 0.05) is 11.9 Å². The summed E-state index contributed by atoms with van der Waals surface area (Å²) in [7, 11) is 0. The minimum absolute atomic E-state index is 0.0499. The lowest BCUT2D eigenvalue weighted by molar-refractivity contribution is 0.0933. The van der Waals surface area contributed by atoms with Crippen molar-refractivity contribution in [1.82, 2.24) is 5.32 Å². The predicted octanol–water partition coefficient (Wildman–Crippen LogP) is 2.48. The number of phenols is 2. The van der Waals surface area contributed by atoms with Gasteiger partial charge in [0.1, 0.15) is 0 Å². The zero-order valence-electron chi connectivity index (χ0n) is 10.5. The van der Waals surface area contributed by atoms with Gasteiger partial charge in [0.15, 0.2) is 11.5 Å². The van der Waals surface area contributed by atoms with E-state index in [1.807, 2.05) is 13.8 Å². The number of rotatable bonds is 5. The van der Waals surface area contributed by atoms with Crippen molar-refractivity contribution >= 4 is 17.5 Å². The number of carbonyl (C=O) groups excluding carboxylic acids is 1. The number of amides is 1. The number of aromatic hydroxyl groups is 2. The van der Waals surface area contributed by atoms with Crippen LogP contribution in [0.25, 0.3) is 0 Å². The Labute approximate surface area is 112 Å². The molecule has 1 amide bonds. The third kappa shape index (κ3) is 3.81. The normalized spacial score (nSPS) is 12.4. The molecule has 0 aliphatic carbocycles. The number of benzene rings is 1. The summed E-state index contributed by atoms with van der Waals surface area (Å²) in [5.74, 6) is -0.438. The number of halogens is 1. The fraction of sp³-hybridized carbons (Fsp3) is 0.462. The highest BCUT2D eigenvalue weighted by atomic mass is 35.5. The summed E-state index contributed by atoms with van der Waals surface area (Å²) in [6, 6.07) is 4.12. The molecule has 0 aromatic heterocycles. The molecule has 0 fully saturated rings. The first kappa shape index (κ1) is 14.6. The van der Waals surface area contributed by atoms with E-state index in [1.165, 1.54) is 18.2 Å². The maximum absolute atomic E-state index is 11.9. The van der Waals surface area contributed by atoms with Crippen LogP contribution in [0.1, 0.15) is 30.6 Å². The van der Waals surface area contributed by atoms with Crippen LogP contribution < -0.4 is 5.32 Å². The zero-order chi connectivity index (χ0) is 13.7. The first-order chi connectivity index (χ1) is 8.45. The van der Waals surface area contributed by atoms with Crippen LogP contribution in [0.5, 0.6) is 11.5 Å². The lowest BCUT2D eigenvalue weighted by atomic mass is 10.0. The van der Waals surface area contributed by atoms with Gasteiger partial charge in [-0.15, -0.1) is 11.6 Å². The number of hydrogen-bond donors (Lipinski definition) is 3. The molecule has 0 heterocycles. The van der Waals surface area contributed by atoms with Gasteiger partial charge in [0.05, 0.1) is 5.56 Å². The SMILES string of the molecule is CC(C)CC(CCl)NC(=O)c1cccc(O)c1O. The predicted molar refractivity (Wildman–Crippen MR) is 71.2 cm³/mol. The van der Waals surface area contributed by atoms with Crippen LogP contribution in [0.15, 0.2) is 18.2 Å². The molecule has 1 aromatic rings. The number of hydrogen-bond acceptors (Lipinski definition) is 3. The Morgan fingerprint density at radius 2 is 2.06 bits per heavy atom. The van der Waals surface area contributed by atoms with Gasteiger partial charge in [-0.3, -0.25) is 4.79 Å². The Balaban J connectivity index is 2.78. The first-order valence-corrected chi connectivity index (χ1v) is 6.37. The van der Waals surface area contributed by atoms with E-state index in [-0.39, 0.29) is 17.4 Å². The number of nitrogens with one attached hydrogen (secondary N) is 1. The molecule has 1 atom stereocenters. The summed E-state index contributed by atoms with van der Waals surface area (Å²) in [5, 5.41) is 21.7. The number of alkyl halides is 1. The molecule has 0 spiro atoms. The Bertz CT molecular complexity index is 421. The molecule has 100 valence electrons. The second-order valence-electron chi connectivity index (χ2n) is 4.63. The summed E-state index contributed by atoms with van der Waals surface area (Å²) in [6.07, 6.45) is 0.759. The van der Waals surface area contributed by atoms with E-state index in [0.29, 0.717) is 11.8 Å². The maximum Gasteiger partial charge on any atom is 0.255 e. The Kier molecular flexibility index (Phi) is 5.28. The maximum atomic E-state index is 11.9. The van der Waals surface area contributed by atoms with E-state index >= 15 is 0 Å². The quantitative estimate of drug-likeness (QED) is 0.569. The monoisotopic (exact) mass is 271 g/mol. The molecule has 0 aliphatic rings. The summed E-state index contributed by atoms with van der Waals surface area (Å²) < 4.78 is 0. The fourth-order valence-electron chi connectivity index (χ4n) is 1.71. The van der Waals surface area contributed by atoms with Crippen molar-refractivity contribution in [3.05, 3.63) is 23.8 Å². The fourth-order valence-corrected chi connectivity index (χ4v) is 1.91. The van der Waals surface area contributed by atoms with Crippen LogP contribution in [0.4, 0.5) is 0 Å². The van der Waals surface area contributed by atoms with Gasteiger partial charge in [0.25, 0.3) is 5.91 Å². The second-order valence-corrected chi connectivity index (χ2v) is 4.94. The molecule has 0 saturated carbocycles. The number of para-hydroxylation sites is 1. The van der Waals surface area contributed by atoms with Crippen molar-refractivity contribution in [1.29, 1.82) is 0 Å². The molecule has 0 radical (unpaired) electrons. The molecular formula is C13H18ClNO3. The average molecular weight is 272 g/mol. The zero-order valence-corrected chi connectivity index (χ0v) is 11.2. The smallest absolute Gasteiger partial charge is 0.255 e. The molecule has 1 rings (SSSR count). The van der Waals surface area contributed by atoms with Crippen LogP contribution in [0, 0.1) is 5.92 Å². The molecule has 18 heavy (non-hydrogen) atoms. The molecule has 0 saturated heterocycles. The van der Waals surface area contributed by atoms with Gasteiger partial charge < -0.3 is 15.5 Å². The van der Waals surface area contributed by atoms with Crippen LogP contribution in [0.2, 0.25) is 0 Å². The van der Waals surface area contributed by atoms with Crippen LogP contribution in [-0.2, 0) is 0 Å². The summed E-state index contributed by atoms with van der Waals surface area (Å²) in [6.45, 7) is 4.08. The van der Waals surface area contributed by atoms with Gasteiger partial charge >= 0.3 is 0 Å². The highest BCUT2D eigenvalue weighted by Crippen LogP contribution is 2.28. The van der Waals surface area contributed by atoms with Crippen LogP contribution in [0.3, 0.4) is 0 Å². The van der Waals surface area contributed by atoms with Gasteiger partial charge in [-0.2, -0.15) is 0 Å². The third-order valence-corrected chi connectivity index (χ3v) is 2.91. The van der Waals surface area contributed by atoms with E-state index in [2.05, 4.69) is 5.32 Å². The van der Waals surface area contributed by atoms with Crippen LogP contribution in [-0.4, -0.2) is 28.0 Å². The van der Waals surface area contributed by atoms with Crippen molar-refractivity contribution in [3.8, 4) is 11.5 Å². The highest BCUT2D eigenvalue weighted by molar-refractivity contribution is 6.18. The minimum atomic E-state index is -0.435. The van der Waals surface area contributed by atoms with E-state index in [1.54, 1.807) is 0 Å². The minimum Gasteiger partial charge on any atom is -0.504 e. The van der Waals surface area contributed by atoms with Gasteiger partial charge in [0.2, 0.25) is 0 Å². The van der Waals surface area contributed by atoms with Gasteiger partial charge in [-0.1, -0.05) is 19.9 Å². The third-order valence-electron chi connectivity index (χ3n) is 2.54. The summed E-state index contributed by atoms with van der Waals surface area (Å²) >= 11 is 5.79. The van der Waals surface area contributed by atoms with Crippen molar-refractivity contribution in [2.24, 2.45) is 5.92 Å². The van der Waals surface area contributed by atoms with Crippen molar-refractivity contribution < 1.29 is 15.0 Å². The molecule has 1 aromatic carbocycles. The van der Waals surface area contributed by atoms with Crippen molar-refractivity contribution in [2.45, 2.75) is 26.3 Å². The van der Waals surface area contributed by atoms with Crippen LogP contribution >= 0.6 is 11.6 Å². The Morgan fingerprint density at radius 3 is 2.61 bits per heavy atom. The number of phenolic OH excluding ortho intramolecular Hbond substituents is 2. The molecular weight excluding hydrogens is 254 g/mol. The lowest BCUT2D eigenvalue weighted by Gasteiger charge is -2.18. The molecule has 4 nitrogen and oxygen atoms in total. The van der Waals surface area contributed by atoms with E-state index in [4.69, 9.17) is 11.6 Å². The van der Waals surface area contributed by atoms with E-state index < -0.39 is 11.7 Å². The van der Waals surface area contributed by atoms with Gasteiger partial charge in [-0.05, 0) is 24.5 Å². The lowest BCUT2D eigenvalue weighted by Crippen LogP contribution is -2.37. The highest BCUT2D eigenvalue weighted by Gasteiger charge is 2.18. The standard InChI is InChI=1S/C13H18ClNO3/c1-8(2)6-9(7-14)15-13(18)10-4-3-5-11(16)12(10)17/h3-5,8-9,16-17H,6-7H2,1-2H3,(H,15,18). The molecule has 5 heteroatoms. The number of carbonyl (C=O) groups is 1. The molecule has 0 bridgehead atoms. The Hall–Kier alpha value is -1.42. The Morgan fingerprint density at radius 1 is 1.39 bits per heavy atom. The van der Waals surface area contributed by atoms with Crippen molar-refractivity contribution in [2.75, 3.05) is 5.88 Å². The second kappa shape index (κ2) is 6.50. The molecule has 0 aliphatic heterocycles. The summed E-state index contributed by atoms with van der Waals surface area (Å²) in [5.41, 5.74) is 0.0499. The molecule has 3 N–H and O–H groups in total. The van der Waals surface area contributed by atoms with Gasteiger partial charge in [-0.25, -0.2) is 0 Å². The van der Waals surface area contributed by atoms with E-state index in [0.717, 1.165) is 6.42 Å². The average Bonchev–Trinajstić information content (AvgIpc) is 2.31. The first-order valence-electron chi connectivity index (χ1n) is 5.83. The molecule has 1 unspecified atom stereocenters. The van der Waals surface area contributed by atoms with E-state index in [9.17, 15) is 15.0 Å². The largest absolute Gasteiger partial charge is 0.504 e. The topological polar surface area (TPSA) is 69.6 Å². The van der Waals surface area contributed by atoms with Crippen molar-refractivity contribution in [3.63, 3.8) is 0 Å².